The van der Waals surface area contributed by atoms with E-state index in [4.69, 9.17) is 5.73 Å². The van der Waals surface area contributed by atoms with Gasteiger partial charge in [-0.2, -0.15) is 0 Å². The highest BCUT2D eigenvalue weighted by molar-refractivity contribution is 14.1. The first-order chi connectivity index (χ1) is 9.08. The van der Waals surface area contributed by atoms with Crippen molar-refractivity contribution in [2.45, 2.75) is 13.1 Å². The van der Waals surface area contributed by atoms with Gasteiger partial charge in [0.1, 0.15) is 12.4 Å². The fourth-order valence-corrected chi connectivity index (χ4v) is 2.05. The fraction of sp³-hybridized carbons (Fsp3) is 0.182. The van der Waals surface area contributed by atoms with Gasteiger partial charge in [-0.15, -0.1) is 5.10 Å². The largest absolute Gasteiger partial charge is 0.325 e. The number of carbonyl (C=O) groups is 1. The molecule has 100 valence electrons. The Bertz CT molecular complexity index is 601. The third-order valence-electron chi connectivity index (χ3n) is 2.31. The molecule has 0 unspecified atom stereocenters. The lowest BCUT2D eigenvalue weighted by Crippen LogP contribution is -2.19. The minimum absolute atomic E-state index is 0.0282. The summed E-state index contributed by atoms with van der Waals surface area (Å²) in [5, 5.41) is 10.2. The minimum Gasteiger partial charge on any atom is -0.325 e. The number of nitrogens with zero attached hydrogens (tertiary/aromatic N) is 3. The molecule has 2 aromatic rings. The number of hydrogen-bond acceptors (Lipinski definition) is 4. The van der Waals surface area contributed by atoms with E-state index < -0.39 is 0 Å². The van der Waals surface area contributed by atoms with Gasteiger partial charge < -0.3 is 11.1 Å². The molecule has 0 saturated heterocycles. The maximum atomic E-state index is 12.9. The highest BCUT2D eigenvalue weighted by atomic mass is 127. The summed E-state index contributed by atoms with van der Waals surface area (Å²) in [6.45, 7) is 0.304. The lowest BCUT2D eigenvalue weighted by atomic mass is 10.3. The van der Waals surface area contributed by atoms with Crippen LogP contribution in [0.5, 0.6) is 0 Å². The van der Waals surface area contributed by atoms with Crippen molar-refractivity contribution >= 4 is 34.2 Å². The first-order valence-electron chi connectivity index (χ1n) is 5.42. The Kier molecular flexibility index (Phi) is 4.43. The van der Waals surface area contributed by atoms with Gasteiger partial charge in [0.15, 0.2) is 0 Å². The van der Waals surface area contributed by atoms with Gasteiger partial charge in [-0.05, 0) is 40.8 Å². The van der Waals surface area contributed by atoms with Crippen LogP contribution in [0.25, 0.3) is 0 Å². The van der Waals surface area contributed by atoms with Gasteiger partial charge in [-0.25, -0.2) is 9.07 Å². The standard InChI is InChI=1S/C11H11FIN5O/c12-7-1-2-10(9(13)3-7)15-11(19)6-18-5-8(4-14)16-17-18/h1-3,5H,4,6,14H2,(H,15,19). The molecule has 8 heteroatoms. The number of benzene rings is 1. The number of rotatable bonds is 4. The van der Waals surface area contributed by atoms with Crippen molar-refractivity contribution < 1.29 is 9.18 Å². The van der Waals surface area contributed by atoms with Crippen LogP contribution < -0.4 is 11.1 Å². The van der Waals surface area contributed by atoms with Crippen LogP contribution >= 0.6 is 22.6 Å². The van der Waals surface area contributed by atoms with E-state index in [2.05, 4.69) is 15.6 Å². The van der Waals surface area contributed by atoms with E-state index in [1.54, 1.807) is 6.20 Å². The number of anilines is 1. The van der Waals surface area contributed by atoms with Gasteiger partial charge in [-0.3, -0.25) is 4.79 Å². The summed E-state index contributed by atoms with van der Waals surface area (Å²) in [4.78, 5) is 11.8. The second-order valence-electron chi connectivity index (χ2n) is 3.78. The molecule has 1 amide bonds. The Morgan fingerprint density at radius 1 is 1.53 bits per heavy atom. The maximum absolute atomic E-state index is 12.9. The van der Waals surface area contributed by atoms with Crippen LogP contribution in [0.4, 0.5) is 10.1 Å². The normalized spacial score (nSPS) is 10.5. The van der Waals surface area contributed by atoms with Gasteiger partial charge >= 0.3 is 0 Å². The topological polar surface area (TPSA) is 85.8 Å². The second-order valence-corrected chi connectivity index (χ2v) is 4.95. The van der Waals surface area contributed by atoms with Crippen LogP contribution in [0, 0.1) is 9.39 Å². The van der Waals surface area contributed by atoms with Gasteiger partial charge in [0.05, 0.1) is 17.6 Å². The summed E-state index contributed by atoms with van der Waals surface area (Å²) in [6.07, 6.45) is 1.61. The first-order valence-corrected chi connectivity index (χ1v) is 6.50. The molecule has 1 aromatic heterocycles. The molecule has 0 bridgehead atoms. The van der Waals surface area contributed by atoms with Crippen molar-refractivity contribution in [1.82, 2.24) is 15.0 Å². The molecule has 1 heterocycles. The molecule has 3 N–H and O–H groups in total. The monoisotopic (exact) mass is 375 g/mol. The zero-order valence-electron chi connectivity index (χ0n) is 9.81. The lowest BCUT2D eigenvalue weighted by molar-refractivity contribution is -0.116. The van der Waals surface area contributed by atoms with E-state index in [1.807, 2.05) is 22.6 Å². The molecule has 0 aliphatic rings. The molecule has 6 nitrogen and oxygen atoms in total. The summed E-state index contributed by atoms with van der Waals surface area (Å²) in [7, 11) is 0. The number of nitrogens with two attached hydrogens (primary N) is 1. The van der Waals surface area contributed by atoms with Crippen molar-refractivity contribution in [3.8, 4) is 0 Å². The SMILES string of the molecule is NCc1cn(CC(=O)Nc2ccc(F)cc2I)nn1. The summed E-state index contributed by atoms with van der Waals surface area (Å²) in [5.41, 5.74) is 6.57. The van der Waals surface area contributed by atoms with E-state index in [0.29, 0.717) is 15.0 Å². The third kappa shape index (κ3) is 3.70. The molecule has 0 aliphatic carbocycles. The van der Waals surface area contributed by atoms with Gasteiger partial charge in [0.25, 0.3) is 0 Å². The van der Waals surface area contributed by atoms with Gasteiger partial charge in [-0.1, -0.05) is 5.21 Å². The number of carbonyl (C=O) groups excluding carboxylic acids is 1. The van der Waals surface area contributed by atoms with Gasteiger partial charge in [0.2, 0.25) is 5.91 Å². The van der Waals surface area contributed by atoms with Crippen molar-refractivity contribution in [1.29, 1.82) is 0 Å². The van der Waals surface area contributed by atoms with E-state index in [9.17, 15) is 9.18 Å². The highest BCUT2D eigenvalue weighted by Crippen LogP contribution is 2.18. The number of halogens is 2. The zero-order chi connectivity index (χ0) is 13.8. The molecule has 0 saturated carbocycles. The summed E-state index contributed by atoms with van der Waals surface area (Å²) >= 11 is 1.95. The maximum Gasteiger partial charge on any atom is 0.246 e. The van der Waals surface area contributed by atoms with Crippen molar-refractivity contribution in [2.75, 3.05) is 5.32 Å². The molecule has 0 atom stereocenters. The van der Waals surface area contributed by atoms with Crippen molar-refractivity contribution in [3.63, 3.8) is 0 Å². The minimum atomic E-state index is -0.341. The number of aromatic nitrogens is 3. The van der Waals surface area contributed by atoms with Crippen LogP contribution in [-0.4, -0.2) is 20.9 Å². The summed E-state index contributed by atoms with van der Waals surface area (Å²) < 4.78 is 15.0. The molecule has 0 spiro atoms. The predicted octanol–water partition coefficient (Wildman–Crippen LogP) is 1.12. The average molecular weight is 375 g/mol. The molecular weight excluding hydrogens is 364 g/mol. The molecular formula is C11H11FIN5O. The van der Waals surface area contributed by atoms with Crippen LogP contribution in [0.3, 0.4) is 0 Å². The van der Waals surface area contributed by atoms with Crippen LogP contribution in [0.2, 0.25) is 0 Å². The van der Waals surface area contributed by atoms with Crippen LogP contribution in [0.1, 0.15) is 5.69 Å². The quantitative estimate of drug-likeness (QED) is 0.785. The van der Waals surface area contributed by atoms with E-state index >= 15 is 0 Å². The molecule has 19 heavy (non-hydrogen) atoms. The lowest BCUT2D eigenvalue weighted by Gasteiger charge is -2.07. The van der Waals surface area contributed by atoms with E-state index in [1.165, 1.54) is 22.9 Å². The summed E-state index contributed by atoms with van der Waals surface area (Å²) in [5.74, 6) is -0.607. The van der Waals surface area contributed by atoms with Gasteiger partial charge in [0, 0.05) is 10.1 Å². The highest BCUT2D eigenvalue weighted by Gasteiger charge is 2.08. The zero-order valence-corrected chi connectivity index (χ0v) is 12.0. The molecule has 2 rings (SSSR count). The first kappa shape index (κ1) is 13.9. The Balaban J connectivity index is 2.01. The molecule has 1 aromatic carbocycles. The Labute approximate surface area is 122 Å². The smallest absolute Gasteiger partial charge is 0.246 e. The second kappa shape index (κ2) is 6.06. The third-order valence-corrected chi connectivity index (χ3v) is 3.20. The summed E-state index contributed by atoms with van der Waals surface area (Å²) in [6, 6.07) is 4.15. The van der Waals surface area contributed by atoms with Crippen molar-refractivity contribution in [2.24, 2.45) is 5.73 Å². The van der Waals surface area contributed by atoms with Crippen LogP contribution in [0.15, 0.2) is 24.4 Å². The Morgan fingerprint density at radius 3 is 2.95 bits per heavy atom. The number of hydrogen-bond donors (Lipinski definition) is 2. The Morgan fingerprint density at radius 2 is 2.32 bits per heavy atom. The predicted molar refractivity (Wildman–Crippen MR) is 75.7 cm³/mol. The van der Waals surface area contributed by atoms with E-state index in [-0.39, 0.29) is 24.8 Å². The average Bonchev–Trinajstić information content (AvgIpc) is 2.80. The number of amides is 1. The Hall–Kier alpha value is -1.55. The number of nitrogens with one attached hydrogen (secondary N) is 1. The molecule has 0 aliphatic heterocycles. The molecule has 0 radical (unpaired) electrons. The van der Waals surface area contributed by atoms with E-state index in [0.717, 1.165) is 0 Å². The fourth-order valence-electron chi connectivity index (χ4n) is 1.44. The van der Waals surface area contributed by atoms with Crippen molar-refractivity contribution in [3.05, 3.63) is 39.5 Å². The van der Waals surface area contributed by atoms with Crippen LogP contribution in [-0.2, 0) is 17.9 Å². The molecule has 0 fully saturated rings.